The maximum atomic E-state index is 13.9. The highest BCUT2D eigenvalue weighted by molar-refractivity contribution is 7.98. The van der Waals surface area contributed by atoms with Crippen molar-refractivity contribution in [3.05, 3.63) is 33.4 Å². The van der Waals surface area contributed by atoms with Crippen molar-refractivity contribution >= 4 is 68.0 Å². The molecule has 152 valence electrons. The van der Waals surface area contributed by atoms with Crippen LogP contribution in [0, 0.1) is 11.3 Å². The van der Waals surface area contributed by atoms with Gasteiger partial charge in [-0.15, -0.1) is 11.8 Å². The van der Waals surface area contributed by atoms with Crippen molar-refractivity contribution in [1.29, 1.82) is 5.26 Å². The summed E-state index contributed by atoms with van der Waals surface area (Å²) in [5.41, 5.74) is -2.55. The summed E-state index contributed by atoms with van der Waals surface area (Å²) in [7, 11) is -5.65. The van der Waals surface area contributed by atoms with Gasteiger partial charge in [0.2, 0.25) is 9.84 Å². The summed E-state index contributed by atoms with van der Waals surface area (Å²) in [6.45, 7) is 0. The lowest BCUT2D eigenvalue weighted by Crippen LogP contribution is -2.25. The normalized spacial score (nSPS) is 12.9. The van der Waals surface area contributed by atoms with Crippen LogP contribution < -0.4 is 0 Å². The van der Waals surface area contributed by atoms with E-state index in [9.17, 15) is 26.0 Å². The molecule has 0 unspecified atom stereocenters. The molecule has 0 fully saturated rings. The molecule has 1 heterocycles. The molecule has 1 aromatic heterocycles. The second kappa shape index (κ2) is 7.74. The Bertz CT molecular complexity index is 1090. The van der Waals surface area contributed by atoms with Crippen LogP contribution in [0.5, 0.6) is 0 Å². The van der Waals surface area contributed by atoms with Gasteiger partial charge in [-0.2, -0.15) is 27.9 Å². The van der Waals surface area contributed by atoms with E-state index in [0.29, 0.717) is 0 Å². The van der Waals surface area contributed by atoms with Gasteiger partial charge in [0.05, 0.1) is 15.6 Å². The van der Waals surface area contributed by atoms with Crippen molar-refractivity contribution in [2.45, 2.75) is 20.0 Å². The van der Waals surface area contributed by atoms with Gasteiger partial charge in [-0.25, -0.2) is 13.1 Å². The van der Waals surface area contributed by atoms with E-state index >= 15 is 0 Å². The van der Waals surface area contributed by atoms with Crippen LogP contribution in [-0.2, 0) is 16.0 Å². The predicted molar refractivity (Wildman–Crippen MR) is 97.8 cm³/mol. The Balaban J connectivity index is 3.04. The molecular weight excluding hydrogens is 512 g/mol. The Morgan fingerprint density at radius 2 is 1.79 bits per heavy atom. The molecule has 0 radical (unpaired) electrons. The summed E-state index contributed by atoms with van der Waals surface area (Å²) in [4.78, 5) is -1.71. The first-order chi connectivity index (χ1) is 12.7. The molecule has 0 saturated heterocycles. The van der Waals surface area contributed by atoms with Crippen LogP contribution in [0.15, 0.2) is 22.1 Å². The molecule has 0 bridgehead atoms. The molecule has 0 atom stereocenters. The van der Waals surface area contributed by atoms with E-state index in [1.54, 1.807) is 12.3 Å². The minimum absolute atomic E-state index is 0.157. The lowest BCUT2D eigenvalue weighted by molar-refractivity contribution is -0.139. The van der Waals surface area contributed by atoms with Gasteiger partial charge >= 0.3 is 10.1 Å². The number of nitrogens with zero attached hydrogens (tertiary/aromatic N) is 3. The zero-order valence-corrected chi connectivity index (χ0v) is 17.8. The number of rotatable bonds is 4. The van der Waals surface area contributed by atoms with Crippen LogP contribution in [0.2, 0.25) is 10.0 Å². The van der Waals surface area contributed by atoms with E-state index in [-0.39, 0.29) is 16.8 Å². The smallest absolute Gasteiger partial charge is 0.223 e. The first-order valence-corrected chi connectivity index (χ1v) is 10.8. The number of hydrogen-bond donors (Lipinski definition) is 0. The topological polar surface area (TPSA) is 75.8 Å². The maximum Gasteiger partial charge on any atom is 0.417 e. The van der Waals surface area contributed by atoms with E-state index < -0.39 is 46.1 Å². The number of halogens is 8. The number of benzene rings is 1. The van der Waals surface area contributed by atoms with E-state index in [1.807, 2.05) is 0 Å². The van der Waals surface area contributed by atoms with Gasteiger partial charge in [0.25, 0.3) is 0 Å². The fraction of sp³-hybridized carbons (Fsp3) is 0.231. The number of aromatic nitrogens is 2. The molecule has 0 aliphatic carbocycles. The summed E-state index contributed by atoms with van der Waals surface area (Å²) in [6.07, 6.45) is -3.75. The van der Waals surface area contributed by atoms with Gasteiger partial charge in [0, 0.05) is 6.07 Å². The Morgan fingerprint density at radius 1 is 1.21 bits per heavy atom. The molecule has 0 amide bonds. The Labute approximate surface area is 180 Å². The van der Waals surface area contributed by atoms with Crippen LogP contribution in [0.4, 0.5) is 17.6 Å². The molecule has 0 aliphatic heterocycles. The summed E-state index contributed by atoms with van der Waals surface area (Å²) < 4.78 is 75.4. The van der Waals surface area contributed by atoms with Crippen molar-refractivity contribution in [3.63, 3.8) is 0 Å². The van der Waals surface area contributed by atoms with Gasteiger partial charge in [0.1, 0.15) is 21.7 Å². The quantitative estimate of drug-likeness (QED) is 0.299. The van der Waals surface area contributed by atoms with Crippen molar-refractivity contribution in [2.75, 3.05) is 6.26 Å². The van der Waals surface area contributed by atoms with Crippen LogP contribution in [0.25, 0.3) is 5.69 Å². The summed E-state index contributed by atoms with van der Waals surface area (Å²) in [6, 6.07) is 3.19. The third kappa shape index (κ3) is 4.04. The average Bonchev–Trinajstić information content (AvgIpc) is 2.95. The molecule has 2 aromatic rings. The van der Waals surface area contributed by atoms with Crippen LogP contribution in [-0.4, -0.2) is 28.4 Å². The number of thioether (sulfide) groups is 1. The lowest BCUT2D eigenvalue weighted by Gasteiger charge is -2.21. The Morgan fingerprint density at radius 3 is 2.21 bits per heavy atom. The molecule has 15 heteroatoms. The third-order valence-electron chi connectivity index (χ3n) is 3.24. The first-order valence-electron chi connectivity index (χ1n) is 6.61. The third-order valence-corrected chi connectivity index (χ3v) is 7.51. The largest absolute Gasteiger partial charge is 0.417 e. The number of sulfone groups is 1. The van der Waals surface area contributed by atoms with Crippen molar-refractivity contribution < 1.29 is 26.0 Å². The van der Waals surface area contributed by atoms with E-state index in [1.165, 1.54) is 6.07 Å². The summed E-state index contributed by atoms with van der Waals surface area (Å²) in [5.74, 6) is 0. The minimum atomic E-state index is -5.65. The number of alkyl halides is 6. The number of hydrogen-bond acceptors (Lipinski definition) is 5. The van der Waals surface area contributed by atoms with Crippen LogP contribution >= 0.6 is 58.2 Å². The fourth-order valence-corrected chi connectivity index (χ4v) is 5.04. The zero-order valence-electron chi connectivity index (χ0n) is 13.2. The summed E-state index contributed by atoms with van der Waals surface area (Å²) >= 11 is 22.8. The van der Waals surface area contributed by atoms with E-state index in [2.05, 4.69) is 5.10 Å². The molecule has 2 rings (SSSR count). The monoisotopic (exact) mass is 515 g/mol. The lowest BCUT2D eigenvalue weighted by atomic mass is 10.2. The highest BCUT2D eigenvalue weighted by Crippen LogP contribution is 2.48. The SMILES string of the molecule is CSc1cc(C#N)nn1-c1c(Cl)cc(C(F)(F)F)c(S(=O)(=O)C(F)(Cl)Cl)c1Cl. The molecule has 1 aromatic carbocycles. The highest BCUT2D eigenvalue weighted by atomic mass is 35.5. The van der Waals surface area contributed by atoms with Gasteiger partial charge in [-0.1, -0.05) is 23.2 Å². The minimum Gasteiger partial charge on any atom is -0.223 e. The standard InChI is InChI=1S/C13H5Cl4F4N3O2S2/c1-27-8-2-5(4-22)23-24(8)10-7(14)3-6(12(18,19)20)11(9(10)15)28(25,26)13(16,17)21/h2-3H,1H3. The second-order valence-corrected chi connectivity index (χ2v) is 10.2. The predicted octanol–water partition coefficient (Wildman–Crippen LogP) is 5.62. The molecule has 0 spiro atoms. The highest BCUT2D eigenvalue weighted by Gasteiger charge is 2.49. The van der Waals surface area contributed by atoms with Crippen molar-refractivity contribution in [2.24, 2.45) is 0 Å². The summed E-state index contributed by atoms with van der Waals surface area (Å²) in [5, 5.41) is 11.2. The molecule has 0 saturated carbocycles. The van der Waals surface area contributed by atoms with E-state index in [4.69, 9.17) is 51.7 Å². The first kappa shape index (κ1) is 23.4. The Hall–Kier alpha value is -0.900. The molecule has 0 aliphatic rings. The van der Waals surface area contributed by atoms with Crippen LogP contribution in [0.1, 0.15) is 11.3 Å². The molecule has 28 heavy (non-hydrogen) atoms. The van der Waals surface area contributed by atoms with Crippen LogP contribution in [0.3, 0.4) is 0 Å². The second-order valence-electron chi connectivity index (χ2n) is 4.94. The maximum absolute atomic E-state index is 13.9. The van der Waals surface area contributed by atoms with Gasteiger partial charge in [-0.05, 0) is 35.5 Å². The molecule has 0 N–H and O–H groups in total. The molecular formula is C13H5Cl4F4N3O2S2. The Kier molecular flexibility index (Phi) is 6.46. The van der Waals surface area contributed by atoms with Gasteiger partial charge in [0.15, 0.2) is 5.69 Å². The fourth-order valence-electron chi connectivity index (χ4n) is 2.10. The number of nitriles is 1. The van der Waals surface area contributed by atoms with E-state index in [0.717, 1.165) is 16.4 Å². The zero-order chi connectivity index (χ0) is 21.7. The van der Waals surface area contributed by atoms with Gasteiger partial charge < -0.3 is 0 Å². The van der Waals surface area contributed by atoms with Crippen molar-refractivity contribution in [1.82, 2.24) is 9.78 Å². The molecule has 5 nitrogen and oxygen atoms in total. The van der Waals surface area contributed by atoms with Gasteiger partial charge in [-0.3, -0.25) is 0 Å². The van der Waals surface area contributed by atoms with Crippen molar-refractivity contribution in [3.8, 4) is 11.8 Å². The average molecular weight is 517 g/mol.